The molecule has 0 unspecified atom stereocenters. The molecule has 1 saturated heterocycles. The Kier molecular flexibility index (Phi) is 3.01. The Bertz CT molecular complexity index is 603. The van der Waals surface area contributed by atoms with E-state index in [-0.39, 0.29) is 17.9 Å². The number of rotatable bonds is 2. The highest BCUT2D eigenvalue weighted by molar-refractivity contribution is 5.82. The molecule has 0 radical (unpaired) electrons. The molecule has 3 rings (SSSR count). The number of fused-ring (bicyclic) bond motifs is 1. The fraction of sp³-hybridized carbons (Fsp3) is 0.467. The van der Waals surface area contributed by atoms with Gasteiger partial charge in [-0.3, -0.25) is 4.79 Å². The van der Waals surface area contributed by atoms with Gasteiger partial charge in [-0.15, -0.1) is 0 Å². The summed E-state index contributed by atoms with van der Waals surface area (Å²) in [5.74, 6) is 0.230. The van der Waals surface area contributed by atoms with Crippen molar-refractivity contribution in [1.82, 2.24) is 10.1 Å². The maximum Gasteiger partial charge on any atom is 0.225 e. The molecule has 0 saturated carbocycles. The number of carbonyl (C=O) groups excluding carboxylic acids is 1. The molecular formula is C15H18N2O2. The summed E-state index contributed by atoms with van der Waals surface area (Å²) in [7, 11) is 0. The summed E-state index contributed by atoms with van der Waals surface area (Å²) in [6.45, 7) is 4.71. The molecule has 1 atom stereocenters. The number of amides is 1. The maximum absolute atomic E-state index is 12.3. The van der Waals surface area contributed by atoms with Crippen molar-refractivity contribution in [2.24, 2.45) is 5.92 Å². The van der Waals surface area contributed by atoms with E-state index in [9.17, 15) is 4.79 Å². The molecule has 0 aliphatic carbocycles. The van der Waals surface area contributed by atoms with E-state index in [2.05, 4.69) is 5.16 Å². The van der Waals surface area contributed by atoms with E-state index < -0.39 is 0 Å². The molecule has 1 aliphatic rings. The summed E-state index contributed by atoms with van der Waals surface area (Å²) in [5, 5.41) is 5.22. The molecule has 0 bridgehead atoms. The first-order chi connectivity index (χ1) is 9.18. The van der Waals surface area contributed by atoms with E-state index in [1.807, 2.05) is 43.0 Å². The largest absolute Gasteiger partial charge is 0.356 e. The molecule has 4 nitrogen and oxygen atoms in total. The lowest BCUT2D eigenvalue weighted by Crippen LogP contribution is -2.33. The molecule has 0 N–H and O–H groups in total. The van der Waals surface area contributed by atoms with Crippen LogP contribution in [-0.4, -0.2) is 22.5 Å². The molecule has 100 valence electrons. The van der Waals surface area contributed by atoms with Crippen molar-refractivity contribution in [3.05, 3.63) is 30.0 Å². The first-order valence-electron chi connectivity index (χ1n) is 6.83. The van der Waals surface area contributed by atoms with Crippen LogP contribution in [0.4, 0.5) is 0 Å². The average Bonchev–Trinajstić information content (AvgIpc) is 3.03. The Hall–Kier alpha value is -1.84. The molecule has 1 fully saturated rings. The van der Waals surface area contributed by atoms with Gasteiger partial charge >= 0.3 is 0 Å². The van der Waals surface area contributed by atoms with Crippen molar-refractivity contribution in [3.63, 3.8) is 0 Å². The Morgan fingerprint density at radius 3 is 3.00 bits per heavy atom. The minimum absolute atomic E-state index is 0.0266. The van der Waals surface area contributed by atoms with Crippen LogP contribution in [0.5, 0.6) is 0 Å². The second-order valence-electron chi connectivity index (χ2n) is 5.41. The van der Waals surface area contributed by atoms with Gasteiger partial charge in [0, 0.05) is 17.8 Å². The van der Waals surface area contributed by atoms with Gasteiger partial charge in [0.15, 0.2) is 5.58 Å². The third kappa shape index (κ3) is 2.01. The van der Waals surface area contributed by atoms with Crippen LogP contribution in [-0.2, 0) is 4.79 Å². The lowest BCUT2D eigenvalue weighted by Gasteiger charge is -2.25. The Morgan fingerprint density at radius 1 is 1.42 bits per heavy atom. The monoisotopic (exact) mass is 258 g/mol. The molecule has 2 heterocycles. The Balaban J connectivity index is 1.99. The second kappa shape index (κ2) is 4.68. The summed E-state index contributed by atoms with van der Waals surface area (Å²) in [6.07, 6.45) is 2.00. The van der Waals surface area contributed by atoms with Crippen LogP contribution >= 0.6 is 0 Å². The molecule has 1 aliphatic heterocycles. The van der Waals surface area contributed by atoms with Crippen LogP contribution in [0, 0.1) is 5.92 Å². The highest BCUT2D eigenvalue weighted by atomic mass is 16.5. The second-order valence-corrected chi connectivity index (χ2v) is 5.41. The van der Waals surface area contributed by atoms with Crippen molar-refractivity contribution in [2.45, 2.75) is 32.7 Å². The van der Waals surface area contributed by atoms with E-state index in [0.29, 0.717) is 0 Å². The number of aromatic nitrogens is 1. The van der Waals surface area contributed by atoms with E-state index in [0.717, 1.165) is 36.0 Å². The summed E-state index contributed by atoms with van der Waals surface area (Å²) in [4.78, 5) is 14.2. The molecule has 0 spiro atoms. The van der Waals surface area contributed by atoms with Crippen LogP contribution in [0.25, 0.3) is 11.0 Å². The van der Waals surface area contributed by atoms with Gasteiger partial charge in [0.05, 0.1) is 6.04 Å². The van der Waals surface area contributed by atoms with E-state index in [4.69, 9.17) is 4.52 Å². The van der Waals surface area contributed by atoms with Crippen LogP contribution in [0.3, 0.4) is 0 Å². The predicted molar refractivity (Wildman–Crippen MR) is 72.5 cm³/mol. The van der Waals surface area contributed by atoms with Crippen molar-refractivity contribution in [3.8, 4) is 0 Å². The smallest absolute Gasteiger partial charge is 0.225 e. The molecule has 19 heavy (non-hydrogen) atoms. The van der Waals surface area contributed by atoms with Gasteiger partial charge in [0.2, 0.25) is 5.91 Å². The molecule has 4 heteroatoms. The predicted octanol–water partition coefficient (Wildman–Crippen LogP) is 3.15. The molecule has 2 aromatic rings. The Labute approximate surface area is 112 Å². The van der Waals surface area contributed by atoms with Crippen LogP contribution < -0.4 is 0 Å². The van der Waals surface area contributed by atoms with Crippen molar-refractivity contribution in [2.75, 3.05) is 6.54 Å². The number of hydrogen-bond donors (Lipinski definition) is 0. The normalized spacial score (nSPS) is 19.5. The summed E-state index contributed by atoms with van der Waals surface area (Å²) < 4.78 is 5.36. The molecule has 1 amide bonds. The SMILES string of the molecule is CC(C)C(=O)N1CCC[C@@H]1c1noc2ccccc12. The highest BCUT2D eigenvalue weighted by Crippen LogP contribution is 2.35. The molecular weight excluding hydrogens is 240 g/mol. The number of likely N-dealkylation sites (tertiary alicyclic amines) is 1. The molecule has 1 aromatic heterocycles. The van der Waals surface area contributed by atoms with Crippen LogP contribution in [0.15, 0.2) is 28.8 Å². The minimum Gasteiger partial charge on any atom is -0.356 e. The topological polar surface area (TPSA) is 46.3 Å². The van der Waals surface area contributed by atoms with Crippen LogP contribution in [0.2, 0.25) is 0 Å². The fourth-order valence-corrected chi connectivity index (χ4v) is 2.79. The van der Waals surface area contributed by atoms with E-state index in [1.165, 1.54) is 0 Å². The quantitative estimate of drug-likeness (QED) is 0.831. The lowest BCUT2D eigenvalue weighted by molar-refractivity contribution is -0.135. The fourth-order valence-electron chi connectivity index (χ4n) is 2.79. The summed E-state index contributed by atoms with van der Waals surface area (Å²) >= 11 is 0. The van der Waals surface area contributed by atoms with Crippen molar-refractivity contribution >= 4 is 16.9 Å². The van der Waals surface area contributed by atoms with Gasteiger partial charge < -0.3 is 9.42 Å². The third-order valence-electron chi connectivity index (χ3n) is 3.75. The van der Waals surface area contributed by atoms with Gasteiger partial charge in [-0.1, -0.05) is 31.1 Å². The zero-order valence-electron chi connectivity index (χ0n) is 11.3. The highest BCUT2D eigenvalue weighted by Gasteiger charge is 2.34. The van der Waals surface area contributed by atoms with Gasteiger partial charge in [-0.25, -0.2) is 0 Å². The van der Waals surface area contributed by atoms with Crippen molar-refractivity contribution < 1.29 is 9.32 Å². The van der Waals surface area contributed by atoms with Gasteiger partial charge in [-0.05, 0) is 25.0 Å². The van der Waals surface area contributed by atoms with E-state index in [1.54, 1.807) is 0 Å². The first kappa shape index (κ1) is 12.2. The zero-order valence-corrected chi connectivity index (χ0v) is 11.3. The maximum atomic E-state index is 12.3. The van der Waals surface area contributed by atoms with E-state index >= 15 is 0 Å². The Morgan fingerprint density at radius 2 is 2.21 bits per heavy atom. The molecule has 1 aromatic carbocycles. The average molecular weight is 258 g/mol. The summed E-state index contributed by atoms with van der Waals surface area (Å²) in [5.41, 5.74) is 1.70. The number of para-hydroxylation sites is 1. The van der Waals surface area contributed by atoms with Gasteiger partial charge in [-0.2, -0.15) is 0 Å². The summed E-state index contributed by atoms with van der Waals surface area (Å²) in [6, 6.07) is 7.90. The lowest BCUT2D eigenvalue weighted by atomic mass is 10.1. The number of carbonyl (C=O) groups is 1. The number of hydrogen-bond acceptors (Lipinski definition) is 3. The third-order valence-corrected chi connectivity index (χ3v) is 3.75. The van der Waals surface area contributed by atoms with Crippen LogP contribution in [0.1, 0.15) is 38.4 Å². The standard InChI is InChI=1S/C15H18N2O2/c1-10(2)15(18)17-9-5-7-12(17)14-11-6-3-4-8-13(11)19-16-14/h3-4,6,8,10,12H,5,7,9H2,1-2H3/t12-/m1/s1. The van der Waals surface area contributed by atoms with Gasteiger partial charge in [0.1, 0.15) is 5.69 Å². The van der Waals surface area contributed by atoms with Gasteiger partial charge in [0.25, 0.3) is 0 Å². The first-order valence-corrected chi connectivity index (χ1v) is 6.83. The minimum atomic E-state index is 0.0266. The zero-order chi connectivity index (χ0) is 13.4. The number of nitrogens with zero attached hydrogens (tertiary/aromatic N) is 2. The number of benzene rings is 1. The van der Waals surface area contributed by atoms with Crippen molar-refractivity contribution in [1.29, 1.82) is 0 Å².